The standard InChI is InChI=1S/C7H14N2/c1-3-7-5-8-4-6(2)9-7/h3,6-9H,1,4-5H2,2H3/t6-,7+/m0/s1. The summed E-state index contributed by atoms with van der Waals surface area (Å²) in [5, 5.41) is 6.69. The molecule has 0 amide bonds. The zero-order valence-electron chi connectivity index (χ0n) is 5.85. The van der Waals surface area contributed by atoms with Crippen molar-refractivity contribution in [1.82, 2.24) is 10.6 Å². The van der Waals surface area contributed by atoms with Crippen LogP contribution in [0.2, 0.25) is 0 Å². The van der Waals surface area contributed by atoms with Crippen LogP contribution >= 0.6 is 0 Å². The van der Waals surface area contributed by atoms with Crippen LogP contribution in [0.25, 0.3) is 0 Å². The molecule has 0 bridgehead atoms. The van der Waals surface area contributed by atoms with E-state index in [1.165, 1.54) is 0 Å². The molecular weight excluding hydrogens is 112 g/mol. The molecule has 2 atom stereocenters. The van der Waals surface area contributed by atoms with Gasteiger partial charge in [-0.25, -0.2) is 0 Å². The molecule has 1 heterocycles. The monoisotopic (exact) mass is 126 g/mol. The number of rotatable bonds is 1. The highest BCUT2D eigenvalue weighted by Crippen LogP contribution is 1.92. The van der Waals surface area contributed by atoms with E-state index < -0.39 is 0 Å². The molecule has 0 aromatic rings. The van der Waals surface area contributed by atoms with Crippen LogP contribution in [0.4, 0.5) is 0 Å². The van der Waals surface area contributed by atoms with E-state index in [0.29, 0.717) is 12.1 Å². The van der Waals surface area contributed by atoms with Crippen molar-refractivity contribution < 1.29 is 0 Å². The molecule has 0 radical (unpaired) electrons. The maximum atomic E-state index is 3.72. The van der Waals surface area contributed by atoms with Crippen molar-refractivity contribution in [2.24, 2.45) is 0 Å². The molecule has 2 N–H and O–H groups in total. The maximum absolute atomic E-state index is 3.72. The average Bonchev–Trinajstić information content (AvgIpc) is 1.88. The zero-order valence-corrected chi connectivity index (χ0v) is 5.85. The molecule has 0 aromatic carbocycles. The van der Waals surface area contributed by atoms with Gasteiger partial charge in [0.1, 0.15) is 0 Å². The minimum absolute atomic E-state index is 0.466. The smallest absolute Gasteiger partial charge is 0.0376 e. The normalized spacial score (nSPS) is 36.1. The molecule has 0 spiro atoms. The van der Waals surface area contributed by atoms with Gasteiger partial charge in [0.05, 0.1) is 0 Å². The van der Waals surface area contributed by atoms with E-state index in [0.717, 1.165) is 13.1 Å². The molecule has 2 nitrogen and oxygen atoms in total. The molecule has 1 fully saturated rings. The molecule has 0 aromatic heterocycles. The van der Waals surface area contributed by atoms with Crippen molar-refractivity contribution in [3.05, 3.63) is 12.7 Å². The van der Waals surface area contributed by atoms with Gasteiger partial charge in [-0.15, -0.1) is 6.58 Å². The second-order valence-electron chi connectivity index (χ2n) is 2.57. The SMILES string of the molecule is C=C[C@@H]1CNC[C@H](C)N1. The first-order valence-electron chi connectivity index (χ1n) is 3.42. The van der Waals surface area contributed by atoms with Crippen LogP contribution < -0.4 is 10.6 Å². The summed E-state index contributed by atoms with van der Waals surface area (Å²) in [6.45, 7) is 7.98. The Morgan fingerprint density at radius 1 is 1.56 bits per heavy atom. The van der Waals surface area contributed by atoms with Crippen LogP contribution in [0.3, 0.4) is 0 Å². The Hall–Kier alpha value is -0.340. The zero-order chi connectivity index (χ0) is 6.69. The Kier molecular flexibility index (Phi) is 2.25. The summed E-state index contributed by atoms with van der Waals surface area (Å²) in [5.41, 5.74) is 0. The summed E-state index contributed by atoms with van der Waals surface area (Å²) < 4.78 is 0. The van der Waals surface area contributed by atoms with Crippen LogP contribution in [-0.4, -0.2) is 25.2 Å². The lowest BCUT2D eigenvalue weighted by Crippen LogP contribution is -2.52. The van der Waals surface area contributed by atoms with Gasteiger partial charge >= 0.3 is 0 Å². The Labute approximate surface area is 56.3 Å². The quantitative estimate of drug-likeness (QED) is 0.488. The highest BCUT2D eigenvalue weighted by Gasteiger charge is 2.12. The predicted molar refractivity (Wildman–Crippen MR) is 39.5 cm³/mol. The molecule has 1 saturated heterocycles. The van der Waals surface area contributed by atoms with Crippen molar-refractivity contribution in [2.75, 3.05) is 13.1 Å². The van der Waals surface area contributed by atoms with Crippen molar-refractivity contribution in [2.45, 2.75) is 19.0 Å². The Balaban J connectivity index is 2.31. The van der Waals surface area contributed by atoms with Gasteiger partial charge in [-0.2, -0.15) is 0 Å². The first kappa shape index (κ1) is 6.78. The molecule has 9 heavy (non-hydrogen) atoms. The lowest BCUT2D eigenvalue weighted by atomic mass is 10.2. The van der Waals surface area contributed by atoms with E-state index in [-0.39, 0.29) is 0 Å². The third kappa shape index (κ3) is 1.80. The topological polar surface area (TPSA) is 24.1 Å². The molecule has 1 aliphatic heterocycles. The van der Waals surface area contributed by atoms with Crippen LogP contribution in [-0.2, 0) is 0 Å². The summed E-state index contributed by atoms with van der Waals surface area (Å²) in [7, 11) is 0. The van der Waals surface area contributed by atoms with Gasteiger partial charge in [-0.05, 0) is 6.92 Å². The summed E-state index contributed by atoms with van der Waals surface area (Å²) in [6.07, 6.45) is 1.95. The van der Waals surface area contributed by atoms with Crippen molar-refractivity contribution in [1.29, 1.82) is 0 Å². The fourth-order valence-corrected chi connectivity index (χ4v) is 1.09. The first-order chi connectivity index (χ1) is 4.33. The fourth-order valence-electron chi connectivity index (χ4n) is 1.09. The molecule has 0 saturated carbocycles. The summed E-state index contributed by atoms with van der Waals surface area (Å²) in [6, 6.07) is 1.05. The first-order valence-corrected chi connectivity index (χ1v) is 3.42. The largest absolute Gasteiger partial charge is 0.313 e. The molecule has 0 aliphatic carbocycles. The average molecular weight is 126 g/mol. The third-order valence-electron chi connectivity index (χ3n) is 1.60. The van der Waals surface area contributed by atoms with Gasteiger partial charge in [0.2, 0.25) is 0 Å². The Bertz CT molecular complexity index is 101. The van der Waals surface area contributed by atoms with Gasteiger partial charge in [0, 0.05) is 25.2 Å². The summed E-state index contributed by atoms with van der Waals surface area (Å²) in [5.74, 6) is 0. The molecule has 1 aliphatic rings. The Morgan fingerprint density at radius 2 is 2.33 bits per heavy atom. The highest BCUT2D eigenvalue weighted by atomic mass is 15.1. The van der Waals surface area contributed by atoms with E-state index in [9.17, 15) is 0 Å². The van der Waals surface area contributed by atoms with E-state index in [1.54, 1.807) is 0 Å². The number of nitrogens with one attached hydrogen (secondary N) is 2. The maximum Gasteiger partial charge on any atom is 0.0376 e. The summed E-state index contributed by atoms with van der Waals surface area (Å²) in [4.78, 5) is 0. The fraction of sp³-hybridized carbons (Fsp3) is 0.714. The van der Waals surface area contributed by atoms with Crippen LogP contribution in [0, 0.1) is 0 Å². The molecule has 1 rings (SSSR count). The minimum atomic E-state index is 0.466. The van der Waals surface area contributed by atoms with Crippen molar-refractivity contribution in [3.8, 4) is 0 Å². The minimum Gasteiger partial charge on any atom is -0.313 e. The summed E-state index contributed by atoms with van der Waals surface area (Å²) >= 11 is 0. The lowest BCUT2D eigenvalue weighted by molar-refractivity contribution is 0.393. The molecule has 0 unspecified atom stereocenters. The molecule has 52 valence electrons. The van der Waals surface area contributed by atoms with Crippen LogP contribution in [0.15, 0.2) is 12.7 Å². The van der Waals surface area contributed by atoms with Gasteiger partial charge < -0.3 is 10.6 Å². The van der Waals surface area contributed by atoms with E-state index in [1.807, 2.05) is 6.08 Å². The van der Waals surface area contributed by atoms with Gasteiger partial charge in [-0.3, -0.25) is 0 Å². The second-order valence-corrected chi connectivity index (χ2v) is 2.57. The number of piperazine rings is 1. The number of hydrogen-bond acceptors (Lipinski definition) is 2. The highest BCUT2D eigenvalue weighted by molar-refractivity contribution is 4.92. The second kappa shape index (κ2) is 2.99. The molecular formula is C7H14N2. The van der Waals surface area contributed by atoms with Crippen LogP contribution in [0.1, 0.15) is 6.92 Å². The van der Waals surface area contributed by atoms with Gasteiger partial charge in [-0.1, -0.05) is 6.08 Å². The Morgan fingerprint density at radius 3 is 2.78 bits per heavy atom. The van der Waals surface area contributed by atoms with Crippen molar-refractivity contribution in [3.63, 3.8) is 0 Å². The van der Waals surface area contributed by atoms with Gasteiger partial charge in [0.15, 0.2) is 0 Å². The van der Waals surface area contributed by atoms with E-state index in [4.69, 9.17) is 0 Å². The van der Waals surface area contributed by atoms with Gasteiger partial charge in [0.25, 0.3) is 0 Å². The van der Waals surface area contributed by atoms with Crippen LogP contribution in [0.5, 0.6) is 0 Å². The third-order valence-corrected chi connectivity index (χ3v) is 1.60. The lowest BCUT2D eigenvalue weighted by Gasteiger charge is -2.27. The number of hydrogen-bond donors (Lipinski definition) is 2. The van der Waals surface area contributed by atoms with E-state index in [2.05, 4.69) is 24.1 Å². The van der Waals surface area contributed by atoms with Crippen molar-refractivity contribution >= 4 is 0 Å². The molecule has 2 heteroatoms. The van der Waals surface area contributed by atoms with E-state index >= 15 is 0 Å². The predicted octanol–water partition coefficient (Wildman–Crippen LogP) is 0.122.